The molecule has 0 spiro atoms. The van der Waals surface area contributed by atoms with E-state index in [0.29, 0.717) is 37.6 Å². The standard InChI is InChI=1S/C38H37N9O2/c1-4-38(37(49)42-28-7-10-33-32(16-28)35(44-43-33)27-11-13-39-25(3)15-27)12-14-45(23-38)22-34(48)47-21-30-17-31(47)20-46(30)29-8-5-26(6-9-29)36-40-18-24(2)19-41-36/h1,5-11,13,15-16,18-19,30-31H,12,14,17,20-23H2,2-3H3,(H,42,49)(H,43,44)/t30-,31-,38?/m1/s1. The van der Waals surface area contributed by atoms with Gasteiger partial charge < -0.3 is 15.1 Å². The van der Waals surface area contributed by atoms with Gasteiger partial charge in [0.25, 0.3) is 0 Å². The molecule has 0 aliphatic carbocycles. The summed E-state index contributed by atoms with van der Waals surface area (Å²) in [4.78, 5) is 46.9. The Hall–Kier alpha value is -5.60. The average molecular weight is 652 g/mol. The normalized spacial score (nSPS) is 21.7. The van der Waals surface area contributed by atoms with Crippen LogP contribution in [-0.2, 0) is 9.59 Å². The smallest absolute Gasteiger partial charge is 0.244 e. The summed E-state index contributed by atoms with van der Waals surface area (Å²) in [6, 6.07) is 18.4. The van der Waals surface area contributed by atoms with Crippen molar-refractivity contribution in [2.75, 3.05) is 42.9 Å². The third-order valence-corrected chi connectivity index (χ3v) is 10.2. The van der Waals surface area contributed by atoms with Gasteiger partial charge in [0.15, 0.2) is 5.82 Å². The molecule has 3 fully saturated rings. The van der Waals surface area contributed by atoms with E-state index in [4.69, 9.17) is 6.42 Å². The second-order valence-corrected chi connectivity index (χ2v) is 13.5. The molecular weight excluding hydrogens is 614 g/mol. The molecule has 0 saturated carbocycles. The van der Waals surface area contributed by atoms with Gasteiger partial charge in [-0.05, 0) is 86.8 Å². The molecule has 3 atom stereocenters. The fourth-order valence-electron chi connectivity index (χ4n) is 7.56. The molecule has 2 N–H and O–H groups in total. The lowest BCUT2D eigenvalue weighted by atomic mass is 9.87. The number of aryl methyl sites for hydroxylation is 2. The average Bonchev–Trinajstić information content (AvgIpc) is 3.92. The maximum Gasteiger partial charge on any atom is 0.244 e. The summed E-state index contributed by atoms with van der Waals surface area (Å²) >= 11 is 0. The first-order valence-corrected chi connectivity index (χ1v) is 16.7. The van der Waals surface area contributed by atoms with E-state index in [0.717, 1.165) is 57.6 Å². The number of anilines is 2. The molecule has 11 nitrogen and oxygen atoms in total. The summed E-state index contributed by atoms with van der Waals surface area (Å²) < 4.78 is 0. The van der Waals surface area contributed by atoms with Crippen molar-refractivity contribution in [2.24, 2.45) is 5.41 Å². The summed E-state index contributed by atoms with van der Waals surface area (Å²) in [5.41, 5.74) is 6.28. The quantitative estimate of drug-likeness (QED) is 0.248. The number of aromatic nitrogens is 5. The summed E-state index contributed by atoms with van der Waals surface area (Å²) in [6.07, 6.45) is 12.9. The number of hydrogen-bond donors (Lipinski definition) is 2. The molecule has 3 aromatic heterocycles. The Morgan fingerprint density at radius 3 is 2.55 bits per heavy atom. The monoisotopic (exact) mass is 651 g/mol. The van der Waals surface area contributed by atoms with Gasteiger partial charge in [-0.15, -0.1) is 6.42 Å². The lowest BCUT2D eigenvalue weighted by Crippen LogP contribution is -2.51. The van der Waals surface area contributed by atoms with Crippen LogP contribution in [0.5, 0.6) is 0 Å². The summed E-state index contributed by atoms with van der Waals surface area (Å²) in [5.74, 6) is 3.37. The summed E-state index contributed by atoms with van der Waals surface area (Å²) in [5, 5.41) is 11.5. The Labute approximate surface area is 284 Å². The number of nitrogens with zero attached hydrogens (tertiary/aromatic N) is 7. The fraction of sp³-hybridized carbons (Fsp3) is 0.316. The number of fused-ring (bicyclic) bond motifs is 3. The maximum absolute atomic E-state index is 13.7. The SMILES string of the molecule is C#CC1(C(=O)Nc2ccc3[nH]nc(-c4ccnc(C)c4)c3c2)CCN(CC(=O)N2C[C@H]3C[C@@H]2CN3c2ccc(-c3ncc(C)cn3)cc2)C1. The number of hydrogen-bond acceptors (Lipinski definition) is 8. The van der Waals surface area contributed by atoms with Crippen LogP contribution in [0.2, 0.25) is 0 Å². The number of carbonyl (C=O) groups is 2. The molecule has 246 valence electrons. The molecule has 5 aromatic rings. The van der Waals surface area contributed by atoms with Gasteiger partial charge in [0.05, 0.1) is 18.1 Å². The van der Waals surface area contributed by atoms with Crippen molar-refractivity contribution < 1.29 is 9.59 Å². The Kier molecular flexibility index (Phi) is 7.60. The van der Waals surface area contributed by atoms with E-state index in [-0.39, 0.29) is 30.4 Å². The van der Waals surface area contributed by atoms with Crippen LogP contribution in [0.15, 0.2) is 73.2 Å². The lowest BCUT2D eigenvalue weighted by molar-refractivity contribution is -0.133. The number of nitrogens with one attached hydrogen (secondary N) is 2. The van der Waals surface area contributed by atoms with E-state index < -0.39 is 5.41 Å². The Bertz CT molecular complexity index is 2100. The zero-order valence-corrected chi connectivity index (χ0v) is 27.6. The molecule has 3 aliphatic heterocycles. The number of amides is 2. The van der Waals surface area contributed by atoms with E-state index in [1.165, 1.54) is 0 Å². The summed E-state index contributed by atoms with van der Waals surface area (Å²) in [7, 11) is 0. The molecule has 49 heavy (non-hydrogen) atoms. The first kappa shape index (κ1) is 30.7. The van der Waals surface area contributed by atoms with Gasteiger partial charge in [0.1, 0.15) is 11.1 Å². The van der Waals surface area contributed by atoms with Crippen molar-refractivity contribution in [3.05, 3.63) is 84.4 Å². The number of piperazine rings is 1. The third kappa shape index (κ3) is 5.68. The van der Waals surface area contributed by atoms with Gasteiger partial charge >= 0.3 is 0 Å². The number of likely N-dealkylation sites (tertiary alicyclic amines) is 2. The van der Waals surface area contributed by atoms with E-state index in [2.05, 4.69) is 65.6 Å². The number of pyridine rings is 1. The summed E-state index contributed by atoms with van der Waals surface area (Å²) in [6.45, 7) is 6.58. The molecule has 2 amide bonds. The highest BCUT2D eigenvalue weighted by Gasteiger charge is 2.47. The molecular formula is C38H37N9O2. The second-order valence-electron chi connectivity index (χ2n) is 13.5. The van der Waals surface area contributed by atoms with Crippen molar-refractivity contribution >= 4 is 34.1 Å². The predicted octanol–water partition coefficient (Wildman–Crippen LogP) is 4.45. The Morgan fingerprint density at radius 2 is 1.82 bits per heavy atom. The molecule has 6 heterocycles. The minimum atomic E-state index is -1.02. The van der Waals surface area contributed by atoms with Crippen LogP contribution in [0.4, 0.5) is 11.4 Å². The van der Waals surface area contributed by atoms with Crippen LogP contribution < -0.4 is 10.2 Å². The van der Waals surface area contributed by atoms with Crippen molar-refractivity contribution in [1.82, 2.24) is 34.9 Å². The first-order valence-electron chi connectivity index (χ1n) is 16.7. The third-order valence-electron chi connectivity index (χ3n) is 10.2. The number of benzene rings is 2. The topological polar surface area (TPSA) is 123 Å². The molecule has 11 heteroatoms. The molecule has 3 saturated heterocycles. The first-order chi connectivity index (χ1) is 23.8. The van der Waals surface area contributed by atoms with Gasteiger partial charge in [-0.1, -0.05) is 5.92 Å². The molecule has 1 unspecified atom stereocenters. The van der Waals surface area contributed by atoms with Crippen molar-refractivity contribution in [1.29, 1.82) is 0 Å². The highest BCUT2D eigenvalue weighted by atomic mass is 16.2. The van der Waals surface area contributed by atoms with Crippen LogP contribution in [0, 0.1) is 31.6 Å². The van der Waals surface area contributed by atoms with Gasteiger partial charge in [0.2, 0.25) is 11.8 Å². The fourth-order valence-corrected chi connectivity index (χ4v) is 7.56. The highest BCUT2D eigenvalue weighted by molar-refractivity contribution is 6.01. The van der Waals surface area contributed by atoms with Crippen LogP contribution in [0.3, 0.4) is 0 Å². The van der Waals surface area contributed by atoms with E-state index >= 15 is 0 Å². The van der Waals surface area contributed by atoms with Crippen molar-refractivity contribution in [2.45, 2.75) is 38.8 Å². The van der Waals surface area contributed by atoms with Crippen molar-refractivity contribution in [3.8, 4) is 35.0 Å². The van der Waals surface area contributed by atoms with Crippen LogP contribution in [0.1, 0.15) is 24.1 Å². The van der Waals surface area contributed by atoms with Crippen LogP contribution in [0.25, 0.3) is 33.5 Å². The predicted molar refractivity (Wildman–Crippen MR) is 188 cm³/mol. The zero-order valence-electron chi connectivity index (χ0n) is 27.6. The van der Waals surface area contributed by atoms with Gasteiger partial charge in [-0.3, -0.25) is 24.6 Å². The minimum Gasteiger partial charge on any atom is -0.365 e. The largest absolute Gasteiger partial charge is 0.365 e. The van der Waals surface area contributed by atoms with Gasteiger partial charge in [-0.2, -0.15) is 5.10 Å². The number of carbonyl (C=O) groups excluding carboxylic acids is 2. The number of aromatic amines is 1. The Balaban J connectivity index is 0.884. The molecule has 2 bridgehead atoms. The van der Waals surface area contributed by atoms with E-state index in [1.807, 2.05) is 66.4 Å². The molecule has 0 radical (unpaired) electrons. The molecule has 8 rings (SSSR count). The van der Waals surface area contributed by atoms with Gasteiger partial charge in [-0.25, -0.2) is 9.97 Å². The van der Waals surface area contributed by atoms with Crippen LogP contribution >= 0.6 is 0 Å². The molecule has 2 aromatic carbocycles. The molecule has 3 aliphatic rings. The zero-order chi connectivity index (χ0) is 33.7. The second kappa shape index (κ2) is 12.1. The number of rotatable bonds is 7. The number of terminal acetylenes is 1. The number of H-pyrrole nitrogens is 1. The van der Waals surface area contributed by atoms with E-state index in [1.54, 1.807) is 6.20 Å². The van der Waals surface area contributed by atoms with E-state index in [9.17, 15) is 9.59 Å². The highest BCUT2D eigenvalue weighted by Crippen LogP contribution is 2.37. The lowest BCUT2D eigenvalue weighted by Gasteiger charge is -2.36. The maximum atomic E-state index is 13.7. The van der Waals surface area contributed by atoms with Crippen LogP contribution in [-0.4, -0.2) is 91.6 Å². The Morgan fingerprint density at radius 1 is 1.00 bits per heavy atom. The van der Waals surface area contributed by atoms with Crippen molar-refractivity contribution in [3.63, 3.8) is 0 Å². The minimum absolute atomic E-state index is 0.0940. The van der Waals surface area contributed by atoms with Gasteiger partial charge in [0, 0.05) is 84.4 Å².